The first-order valence-electron chi connectivity index (χ1n) is 12.0. The van der Waals surface area contributed by atoms with Crippen molar-refractivity contribution in [3.05, 3.63) is 69.7 Å². The molecule has 0 N–H and O–H groups in total. The highest BCUT2D eigenvalue weighted by Gasteiger charge is 2.23. The fourth-order valence-corrected chi connectivity index (χ4v) is 5.30. The highest BCUT2D eigenvalue weighted by Crippen LogP contribution is 2.45. The van der Waals surface area contributed by atoms with Crippen molar-refractivity contribution in [2.24, 2.45) is 11.8 Å². The van der Waals surface area contributed by atoms with Crippen molar-refractivity contribution in [2.45, 2.75) is 27.7 Å². The summed E-state index contributed by atoms with van der Waals surface area (Å²) >= 11 is 13.4. The van der Waals surface area contributed by atoms with E-state index in [9.17, 15) is 9.59 Å². The Morgan fingerprint density at radius 3 is 1.25 bits per heavy atom. The number of hydrogen-bond donors (Lipinski definition) is 0. The van der Waals surface area contributed by atoms with E-state index in [0.29, 0.717) is 45.2 Å². The predicted molar refractivity (Wildman–Crippen MR) is 148 cm³/mol. The van der Waals surface area contributed by atoms with Crippen molar-refractivity contribution >= 4 is 78.2 Å². The van der Waals surface area contributed by atoms with E-state index in [1.807, 2.05) is 52.0 Å². The molecule has 0 atom stereocenters. The largest absolute Gasteiger partial charge is 0.462 e. The van der Waals surface area contributed by atoms with Crippen LogP contribution in [0.3, 0.4) is 0 Å². The fourth-order valence-electron chi connectivity index (χ4n) is 4.79. The van der Waals surface area contributed by atoms with Gasteiger partial charge in [-0.05, 0) is 68.4 Å². The molecular weight excluding hydrogens is 495 g/mol. The van der Waals surface area contributed by atoms with Crippen LogP contribution in [0.1, 0.15) is 48.4 Å². The van der Waals surface area contributed by atoms with Crippen molar-refractivity contribution in [3.63, 3.8) is 0 Å². The minimum Gasteiger partial charge on any atom is -0.462 e. The Balaban J connectivity index is 1.83. The zero-order chi connectivity index (χ0) is 25.7. The Kier molecular flexibility index (Phi) is 6.44. The summed E-state index contributed by atoms with van der Waals surface area (Å²) < 4.78 is 11.1. The smallest absolute Gasteiger partial charge is 0.338 e. The van der Waals surface area contributed by atoms with Crippen LogP contribution in [0.15, 0.2) is 48.5 Å². The summed E-state index contributed by atoms with van der Waals surface area (Å²) in [4.78, 5) is 26.0. The topological polar surface area (TPSA) is 52.6 Å². The molecule has 6 heteroatoms. The van der Waals surface area contributed by atoms with Crippen molar-refractivity contribution in [3.8, 4) is 0 Å². The van der Waals surface area contributed by atoms with Crippen LogP contribution in [0.25, 0.3) is 43.1 Å². The average molecular weight is 521 g/mol. The number of fused-ring (bicyclic) bond motifs is 2. The van der Waals surface area contributed by atoms with Crippen molar-refractivity contribution < 1.29 is 19.1 Å². The molecule has 0 fully saturated rings. The van der Waals surface area contributed by atoms with Gasteiger partial charge >= 0.3 is 11.9 Å². The van der Waals surface area contributed by atoms with Crippen LogP contribution < -0.4 is 0 Å². The SMILES string of the molecule is CC(C)COC(=O)c1ccc2c3ccc(C(=O)OCC(C)C)c4c(Cl)ccc(c5ccc(Cl)c1c52)c43. The van der Waals surface area contributed by atoms with Gasteiger partial charge < -0.3 is 9.47 Å². The molecule has 184 valence electrons. The maximum atomic E-state index is 13.0. The zero-order valence-corrected chi connectivity index (χ0v) is 22.1. The average Bonchev–Trinajstić information content (AvgIpc) is 2.85. The molecule has 0 amide bonds. The molecule has 0 aliphatic carbocycles. The van der Waals surface area contributed by atoms with E-state index in [1.54, 1.807) is 24.3 Å². The van der Waals surface area contributed by atoms with Gasteiger partial charge in [-0.3, -0.25) is 0 Å². The number of esters is 2. The minimum atomic E-state index is -0.399. The maximum absolute atomic E-state index is 13.0. The Labute approximate surface area is 219 Å². The molecule has 0 bridgehead atoms. The summed E-state index contributed by atoms with van der Waals surface area (Å²) in [7, 11) is 0. The zero-order valence-electron chi connectivity index (χ0n) is 20.6. The third kappa shape index (κ3) is 4.03. The standard InChI is InChI=1S/C30H26Cl2O4/c1-15(2)13-35-29(33)21-7-5-17-18-6-8-22(30(34)36-14-16(3)4)28-24(32)12-10-20(26(18)28)19-9-11-23(31)27(21)25(17)19/h5-12,15-16H,13-14H2,1-4H3. The van der Waals surface area contributed by atoms with Crippen LogP contribution in [0.4, 0.5) is 0 Å². The highest BCUT2D eigenvalue weighted by molar-refractivity contribution is 6.45. The molecule has 36 heavy (non-hydrogen) atoms. The van der Waals surface area contributed by atoms with Gasteiger partial charge in [0, 0.05) is 20.8 Å². The fraction of sp³-hybridized carbons (Fsp3) is 0.267. The lowest BCUT2D eigenvalue weighted by molar-refractivity contribution is 0.0453. The summed E-state index contributed by atoms with van der Waals surface area (Å²) in [5.41, 5.74) is 0.868. The second kappa shape index (κ2) is 9.42. The summed E-state index contributed by atoms with van der Waals surface area (Å²) in [6.07, 6.45) is 0. The summed E-state index contributed by atoms with van der Waals surface area (Å²) in [5.74, 6) is -0.352. The van der Waals surface area contributed by atoms with E-state index < -0.39 is 11.9 Å². The molecule has 5 rings (SSSR count). The number of halogens is 2. The van der Waals surface area contributed by atoms with E-state index >= 15 is 0 Å². The van der Waals surface area contributed by atoms with Gasteiger partial charge in [0.15, 0.2) is 0 Å². The Morgan fingerprint density at radius 2 is 0.917 bits per heavy atom. The molecule has 0 spiro atoms. The molecule has 0 aliphatic heterocycles. The van der Waals surface area contributed by atoms with Crippen LogP contribution in [0, 0.1) is 11.8 Å². The minimum absolute atomic E-state index is 0.222. The van der Waals surface area contributed by atoms with Crippen LogP contribution in [0.2, 0.25) is 10.0 Å². The lowest BCUT2D eigenvalue weighted by Gasteiger charge is -2.19. The van der Waals surface area contributed by atoms with Crippen molar-refractivity contribution in [2.75, 3.05) is 13.2 Å². The van der Waals surface area contributed by atoms with Gasteiger partial charge in [0.1, 0.15) is 0 Å². The molecule has 4 nitrogen and oxygen atoms in total. The van der Waals surface area contributed by atoms with Gasteiger partial charge in [-0.25, -0.2) is 9.59 Å². The quantitative estimate of drug-likeness (QED) is 0.127. The Morgan fingerprint density at radius 1 is 0.583 bits per heavy atom. The normalized spacial score (nSPS) is 12.0. The van der Waals surface area contributed by atoms with E-state index in [1.165, 1.54) is 0 Å². The number of ether oxygens (including phenoxy) is 2. The van der Waals surface area contributed by atoms with Crippen molar-refractivity contribution in [1.82, 2.24) is 0 Å². The van der Waals surface area contributed by atoms with Gasteiger partial charge in [-0.15, -0.1) is 0 Å². The molecule has 0 heterocycles. The maximum Gasteiger partial charge on any atom is 0.338 e. The lowest BCUT2D eigenvalue weighted by Crippen LogP contribution is -2.11. The first-order chi connectivity index (χ1) is 17.2. The third-order valence-corrected chi connectivity index (χ3v) is 6.97. The molecule has 0 unspecified atom stereocenters. The first kappa shape index (κ1) is 24.6. The third-order valence-electron chi connectivity index (χ3n) is 6.34. The predicted octanol–water partition coefficient (Wildman–Crippen LogP) is 8.67. The van der Waals surface area contributed by atoms with Crippen LogP contribution in [-0.2, 0) is 9.47 Å². The van der Waals surface area contributed by atoms with Crippen LogP contribution >= 0.6 is 23.2 Å². The first-order valence-corrected chi connectivity index (χ1v) is 12.8. The van der Waals surface area contributed by atoms with E-state index in [4.69, 9.17) is 32.7 Å². The Bertz CT molecular complexity index is 1510. The second-order valence-electron chi connectivity index (χ2n) is 10.00. The molecule has 0 saturated heterocycles. The number of hydrogen-bond acceptors (Lipinski definition) is 4. The molecule has 5 aromatic rings. The van der Waals surface area contributed by atoms with Crippen LogP contribution in [-0.4, -0.2) is 25.2 Å². The molecule has 0 aliphatic rings. The Hall–Kier alpha value is -3.08. The second-order valence-corrected chi connectivity index (χ2v) is 10.8. The number of rotatable bonds is 6. The summed E-state index contributed by atoms with van der Waals surface area (Å²) in [6, 6.07) is 14.9. The molecule has 5 aromatic carbocycles. The summed E-state index contributed by atoms with van der Waals surface area (Å²) in [6.45, 7) is 8.63. The van der Waals surface area contributed by atoms with Gasteiger partial charge in [0.05, 0.1) is 24.3 Å². The van der Waals surface area contributed by atoms with Gasteiger partial charge in [-0.1, -0.05) is 75.2 Å². The van der Waals surface area contributed by atoms with E-state index in [0.717, 1.165) is 32.3 Å². The van der Waals surface area contributed by atoms with Crippen molar-refractivity contribution in [1.29, 1.82) is 0 Å². The number of benzene rings is 5. The number of carbonyl (C=O) groups is 2. The van der Waals surface area contributed by atoms with Gasteiger partial charge in [0.2, 0.25) is 0 Å². The highest BCUT2D eigenvalue weighted by atomic mass is 35.5. The lowest BCUT2D eigenvalue weighted by atomic mass is 9.87. The van der Waals surface area contributed by atoms with Gasteiger partial charge in [0.25, 0.3) is 0 Å². The molecule has 0 aromatic heterocycles. The molecular formula is C30H26Cl2O4. The monoisotopic (exact) mass is 520 g/mol. The van der Waals surface area contributed by atoms with Gasteiger partial charge in [-0.2, -0.15) is 0 Å². The summed E-state index contributed by atoms with van der Waals surface area (Å²) in [5, 5.41) is 7.73. The van der Waals surface area contributed by atoms with Crippen LogP contribution in [0.5, 0.6) is 0 Å². The number of carbonyl (C=O) groups excluding carboxylic acids is 2. The molecule has 0 saturated carbocycles. The van der Waals surface area contributed by atoms with E-state index in [2.05, 4.69) is 0 Å². The molecule has 0 radical (unpaired) electrons. The van der Waals surface area contributed by atoms with E-state index in [-0.39, 0.29) is 11.8 Å².